The van der Waals surface area contributed by atoms with Crippen LogP contribution in [0.2, 0.25) is 0 Å². The van der Waals surface area contributed by atoms with E-state index in [1.807, 2.05) is 41.3 Å². The van der Waals surface area contributed by atoms with Crippen molar-refractivity contribution < 1.29 is 13.2 Å². The van der Waals surface area contributed by atoms with E-state index in [1.54, 1.807) is 12.1 Å². The number of thioether (sulfide) groups is 1. The fourth-order valence-corrected chi connectivity index (χ4v) is 5.05. The number of sulfonamides is 1. The maximum Gasteiger partial charge on any atom is 0.257 e. The number of nitrogens with one attached hydrogen (secondary N) is 1. The molecule has 0 unspecified atom stereocenters. The number of fused-ring (bicyclic) bond motifs is 3. The average molecular weight is 373 g/mol. The first-order valence-electron chi connectivity index (χ1n) is 7.76. The average Bonchev–Trinajstić information content (AvgIpc) is 2.95. The van der Waals surface area contributed by atoms with Crippen LogP contribution in [0.5, 0.6) is 0 Å². The Kier molecular flexibility index (Phi) is 4.01. The van der Waals surface area contributed by atoms with Crippen LogP contribution in [0.1, 0.15) is 15.9 Å². The Morgan fingerprint density at radius 2 is 2.00 bits per heavy atom. The van der Waals surface area contributed by atoms with Gasteiger partial charge in [-0.1, -0.05) is 30.3 Å². The van der Waals surface area contributed by atoms with Crippen LogP contribution in [0.25, 0.3) is 0 Å². The molecule has 2 aromatic carbocycles. The monoisotopic (exact) mass is 373 g/mol. The molecule has 0 aliphatic carbocycles. The van der Waals surface area contributed by atoms with E-state index in [0.29, 0.717) is 23.8 Å². The highest BCUT2D eigenvalue weighted by Crippen LogP contribution is 2.42. The molecule has 4 rings (SSSR count). The van der Waals surface area contributed by atoms with E-state index in [9.17, 15) is 13.2 Å². The van der Waals surface area contributed by atoms with Crippen molar-refractivity contribution in [3.05, 3.63) is 59.7 Å². The van der Waals surface area contributed by atoms with Gasteiger partial charge < -0.3 is 10.2 Å². The molecule has 1 amide bonds. The van der Waals surface area contributed by atoms with Crippen LogP contribution in [0.3, 0.4) is 0 Å². The predicted octanol–water partition coefficient (Wildman–Crippen LogP) is 2.23. The maximum atomic E-state index is 12.4. The van der Waals surface area contributed by atoms with Gasteiger partial charge in [-0.2, -0.15) is 0 Å². The molecule has 0 saturated heterocycles. The largest absolute Gasteiger partial charge is 0.348 e. The molecule has 0 saturated carbocycles. The second kappa shape index (κ2) is 6.20. The molecule has 0 fully saturated rings. The molecule has 0 atom stereocenters. The Labute approximate surface area is 150 Å². The van der Waals surface area contributed by atoms with Crippen molar-refractivity contribution >= 4 is 38.5 Å². The van der Waals surface area contributed by atoms with Crippen LogP contribution < -0.4 is 10.2 Å². The van der Waals surface area contributed by atoms with Gasteiger partial charge in [-0.15, -0.1) is 4.40 Å². The van der Waals surface area contributed by atoms with E-state index in [4.69, 9.17) is 0 Å². The number of rotatable bonds is 3. The van der Waals surface area contributed by atoms with Crippen molar-refractivity contribution in [1.29, 1.82) is 0 Å². The minimum Gasteiger partial charge on any atom is -0.348 e. The normalized spacial score (nSPS) is 17.4. The van der Waals surface area contributed by atoms with Gasteiger partial charge in [0.1, 0.15) is 0 Å². The second-order valence-electron chi connectivity index (χ2n) is 5.76. The third-order valence-electron chi connectivity index (χ3n) is 4.03. The van der Waals surface area contributed by atoms with Crippen molar-refractivity contribution in [2.75, 3.05) is 17.2 Å². The summed E-state index contributed by atoms with van der Waals surface area (Å²) in [5, 5.41) is 3.36. The van der Waals surface area contributed by atoms with Crippen LogP contribution in [0, 0.1) is 0 Å². The van der Waals surface area contributed by atoms with Gasteiger partial charge in [-0.05, 0) is 35.5 Å². The fraction of sp³-hybridized carbons (Fsp3) is 0.176. The van der Waals surface area contributed by atoms with Crippen molar-refractivity contribution in [2.45, 2.75) is 11.4 Å². The van der Waals surface area contributed by atoms with E-state index in [0.717, 1.165) is 16.1 Å². The first-order chi connectivity index (χ1) is 12.0. The number of carbonyl (C=O) groups excluding carboxylic acids is 1. The van der Waals surface area contributed by atoms with Gasteiger partial charge in [-0.3, -0.25) is 4.79 Å². The predicted molar refractivity (Wildman–Crippen MR) is 98.5 cm³/mol. The van der Waals surface area contributed by atoms with Crippen LogP contribution >= 0.6 is 11.8 Å². The summed E-state index contributed by atoms with van der Waals surface area (Å²) in [4.78, 5) is 15.1. The fourth-order valence-electron chi connectivity index (χ4n) is 2.75. The van der Waals surface area contributed by atoms with Crippen LogP contribution in [0.4, 0.5) is 5.69 Å². The van der Waals surface area contributed by atoms with Gasteiger partial charge in [0.25, 0.3) is 15.9 Å². The Morgan fingerprint density at radius 1 is 1.20 bits per heavy atom. The standard InChI is InChI=1S/C17H15N3O3S2/c21-16(18-11-12-4-2-1-3-5-12)13-6-7-14-15(10-13)24-17-19-25(22,23)9-8-20(14)17/h1-7,10H,8-9,11H2,(H,18,21). The third kappa shape index (κ3) is 3.27. The highest BCUT2D eigenvalue weighted by atomic mass is 32.2. The summed E-state index contributed by atoms with van der Waals surface area (Å²) in [6.07, 6.45) is 0. The summed E-state index contributed by atoms with van der Waals surface area (Å²) in [6.45, 7) is 0.849. The maximum absolute atomic E-state index is 12.4. The number of amidine groups is 1. The molecule has 8 heteroatoms. The number of nitrogens with zero attached hydrogens (tertiary/aromatic N) is 2. The van der Waals surface area contributed by atoms with Crippen molar-refractivity contribution in [2.24, 2.45) is 4.40 Å². The van der Waals surface area contributed by atoms with E-state index < -0.39 is 10.0 Å². The van der Waals surface area contributed by atoms with Gasteiger partial charge in [0.05, 0.1) is 11.4 Å². The molecular weight excluding hydrogens is 358 g/mol. The quantitative estimate of drug-likeness (QED) is 0.893. The lowest BCUT2D eigenvalue weighted by Crippen LogP contribution is -2.35. The highest BCUT2D eigenvalue weighted by molar-refractivity contribution is 8.15. The Bertz CT molecular complexity index is 972. The smallest absolute Gasteiger partial charge is 0.257 e. The van der Waals surface area contributed by atoms with E-state index in [2.05, 4.69) is 9.71 Å². The summed E-state index contributed by atoms with van der Waals surface area (Å²) < 4.78 is 27.1. The van der Waals surface area contributed by atoms with Crippen molar-refractivity contribution in [3.63, 3.8) is 0 Å². The first kappa shape index (κ1) is 16.2. The lowest BCUT2D eigenvalue weighted by Gasteiger charge is -2.22. The SMILES string of the molecule is O=C(NCc1ccccc1)c1ccc2c(c1)SC1=NS(=O)(=O)CCN12. The van der Waals surface area contributed by atoms with Gasteiger partial charge >= 0.3 is 0 Å². The molecule has 2 aliphatic rings. The van der Waals surface area contributed by atoms with E-state index >= 15 is 0 Å². The summed E-state index contributed by atoms with van der Waals surface area (Å²) in [5.41, 5.74) is 2.48. The molecule has 128 valence electrons. The molecule has 0 radical (unpaired) electrons. The van der Waals surface area contributed by atoms with Crippen molar-refractivity contribution in [3.8, 4) is 0 Å². The molecule has 1 N–H and O–H groups in total. The summed E-state index contributed by atoms with van der Waals surface area (Å²) in [5.74, 6) is -0.151. The zero-order valence-corrected chi connectivity index (χ0v) is 14.8. The summed E-state index contributed by atoms with van der Waals surface area (Å²) in [7, 11) is -3.37. The Morgan fingerprint density at radius 3 is 2.80 bits per heavy atom. The highest BCUT2D eigenvalue weighted by Gasteiger charge is 2.33. The number of anilines is 1. The molecular formula is C17H15N3O3S2. The van der Waals surface area contributed by atoms with Gasteiger partial charge in [-0.25, -0.2) is 8.42 Å². The zero-order valence-electron chi connectivity index (χ0n) is 13.2. The molecule has 6 nitrogen and oxygen atoms in total. The number of hydrogen-bond acceptors (Lipinski definition) is 5. The van der Waals surface area contributed by atoms with Gasteiger partial charge in [0, 0.05) is 23.5 Å². The molecule has 2 aliphatic heterocycles. The summed E-state index contributed by atoms with van der Waals surface area (Å²) in [6, 6.07) is 15.1. The number of amides is 1. The summed E-state index contributed by atoms with van der Waals surface area (Å²) >= 11 is 1.29. The topological polar surface area (TPSA) is 78.8 Å². The molecule has 0 bridgehead atoms. The third-order valence-corrected chi connectivity index (χ3v) is 6.34. The molecule has 25 heavy (non-hydrogen) atoms. The van der Waals surface area contributed by atoms with Crippen LogP contribution in [-0.2, 0) is 16.6 Å². The molecule has 2 aromatic rings. The van der Waals surface area contributed by atoms with E-state index in [1.165, 1.54) is 11.8 Å². The van der Waals surface area contributed by atoms with Crippen LogP contribution in [0.15, 0.2) is 57.8 Å². The van der Waals surface area contributed by atoms with Crippen LogP contribution in [-0.4, -0.2) is 31.8 Å². The zero-order chi connectivity index (χ0) is 17.4. The molecule has 2 heterocycles. The molecule has 0 aromatic heterocycles. The lowest BCUT2D eigenvalue weighted by atomic mass is 10.1. The van der Waals surface area contributed by atoms with Gasteiger partial charge in [0.2, 0.25) is 0 Å². The minimum atomic E-state index is -3.37. The number of hydrogen-bond donors (Lipinski definition) is 1. The van der Waals surface area contributed by atoms with Crippen molar-refractivity contribution in [1.82, 2.24) is 5.32 Å². The number of benzene rings is 2. The minimum absolute atomic E-state index is 0.00974. The first-order valence-corrected chi connectivity index (χ1v) is 10.2. The van der Waals surface area contributed by atoms with E-state index in [-0.39, 0.29) is 11.7 Å². The second-order valence-corrected chi connectivity index (χ2v) is 8.53. The van der Waals surface area contributed by atoms with Gasteiger partial charge in [0.15, 0.2) is 5.17 Å². The number of carbonyl (C=O) groups is 1. The Balaban J connectivity index is 1.52. The molecule has 0 spiro atoms. The lowest BCUT2D eigenvalue weighted by molar-refractivity contribution is 0.0950. The Hall–Kier alpha value is -2.32.